The molecule has 0 radical (unpaired) electrons. The van der Waals surface area contributed by atoms with Crippen LogP contribution in [0.5, 0.6) is 0 Å². The van der Waals surface area contributed by atoms with Crippen LogP contribution in [0.3, 0.4) is 0 Å². The first-order chi connectivity index (χ1) is 10.5. The van der Waals surface area contributed by atoms with Gasteiger partial charge in [-0.3, -0.25) is 10.1 Å². The monoisotopic (exact) mass is 357 g/mol. The second kappa shape index (κ2) is 6.07. The maximum atomic E-state index is 12.0. The molecule has 0 unspecified atom stereocenters. The van der Waals surface area contributed by atoms with E-state index in [1.807, 2.05) is 5.38 Å². The van der Waals surface area contributed by atoms with Gasteiger partial charge in [0, 0.05) is 29.8 Å². The Morgan fingerprint density at radius 3 is 3.00 bits per heavy atom. The molecule has 1 N–H and O–H groups in total. The predicted octanol–water partition coefficient (Wildman–Crippen LogP) is 2.16. The molecule has 1 aliphatic rings. The van der Waals surface area contributed by atoms with Crippen LogP contribution >= 0.6 is 22.7 Å². The summed E-state index contributed by atoms with van der Waals surface area (Å²) in [5.41, 5.74) is 1.49. The first-order valence-corrected chi connectivity index (χ1v) is 10.2. The number of sulfonamides is 1. The molecule has 118 valence electrons. The number of thiophene rings is 1. The highest BCUT2D eigenvalue weighted by Gasteiger charge is 2.28. The number of hydrogen-bond donors (Lipinski definition) is 1. The molecule has 0 aromatic carbocycles. The van der Waals surface area contributed by atoms with E-state index in [1.165, 1.54) is 27.0 Å². The molecule has 0 bridgehead atoms. The van der Waals surface area contributed by atoms with E-state index in [9.17, 15) is 13.2 Å². The number of rotatable bonds is 4. The van der Waals surface area contributed by atoms with Crippen molar-refractivity contribution in [3.8, 4) is 0 Å². The standard InChI is InChI=1S/C13H15N3O3S3/c1-2-22(18,19)16-5-3-10-11(7-16)21-13(14-10)15-12(17)9-4-6-20-8-9/h4,6,8H,2-3,5,7H2,1H3,(H,14,15,17). The number of anilines is 1. The molecule has 0 fully saturated rings. The predicted molar refractivity (Wildman–Crippen MR) is 88.0 cm³/mol. The first kappa shape index (κ1) is 15.6. The number of aromatic nitrogens is 1. The highest BCUT2D eigenvalue weighted by Crippen LogP contribution is 2.29. The van der Waals surface area contributed by atoms with Gasteiger partial charge in [-0.05, 0) is 18.4 Å². The van der Waals surface area contributed by atoms with Crippen LogP contribution in [0.15, 0.2) is 16.8 Å². The van der Waals surface area contributed by atoms with E-state index in [0.717, 1.165) is 10.6 Å². The Morgan fingerprint density at radius 2 is 2.32 bits per heavy atom. The molecule has 2 aromatic rings. The summed E-state index contributed by atoms with van der Waals surface area (Å²) in [6, 6.07) is 1.75. The number of carbonyl (C=O) groups is 1. The molecule has 0 atom stereocenters. The molecule has 22 heavy (non-hydrogen) atoms. The van der Waals surface area contributed by atoms with E-state index in [0.29, 0.717) is 30.2 Å². The van der Waals surface area contributed by atoms with E-state index in [-0.39, 0.29) is 11.7 Å². The Balaban J connectivity index is 1.75. The van der Waals surface area contributed by atoms with Gasteiger partial charge < -0.3 is 0 Å². The summed E-state index contributed by atoms with van der Waals surface area (Å²) in [7, 11) is -3.19. The third-order valence-electron chi connectivity index (χ3n) is 3.46. The molecular formula is C13H15N3O3S3. The van der Waals surface area contributed by atoms with Gasteiger partial charge in [-0.2, -0.15) is 15.6 Å². The Labute approximate surface area is 136 Å². The SMILES string of the molecule is CCS(=O)(=O)N1CCc2nc(NC(=O)c3ccsc3)sc2C1. The zero-order valence-corrected chi connectivity index (χ0v) is 14.4. The van der Waals surface area contributed by atoms with Crippen LogP contribution in [0.1, 0.15) is 27.9 Å². The van der Waals surface area contributed by atoms with Gasteiger partial charge in [0.1, 0.15) is 0 Å². The second-order valence-corrected chi connectivity index (χ2v) is 8.96. The van der Waals surface area contributed by atoms with E-state index in [1.54, 1.807) is 18.4 Å². The van der Waals surface area contributed by atoms with Crippen LogP contribution in [0, 0.1) is 0 Å². The lowest BCUT2D eigenvalue weighted by atomic mass is 10.2. The van der Waals surface area contributed by atoms with Gasteiger partial charge in [0.25, 0.3) is 5.91 Å². The van der Waals surface area contributed by atoms with Crippen molar-refractivity contribution in [3.63, 3.8) is 0 Å². The number of fused-ring (bicyclic) bond motifs is 1. The van der Waals surface area contributed by atoms with Crippen molar-refractivity contribution in [3.05, 3.63) is 33.0 Å². The van der Waals surface area contributed by atoms with Gasteiger partial charge in [-0.1, -0.05) is 0 Å². The Kier molecular flexibility index (Phi) is 4.31. The summed E-state index contributed by atoms with van der Waals surface area (Å²) >= 11 is 2.81. The van der Waals surface area contributed by atoms with Gasteiger partial charge in [0.15, 0.2) is 5.13 Å². The molecule has 0 aliphatic carbocycles. The second-order valence-electron chi connectivity index (χ2n) is 4.84. The van der Waals surface area contributed by atoms with Gasteiger partial charge in [-0.25, -0.2) is 13.4 Å². The number of hydrogen-bond acceptors (Lipinski definition) is 6. The average molecular weight is 357 g/mol. The zero-order chi connectivity index (χ0) is 15.7. The van der Waals surface area contributed by atoms with Crippen LogP contribution in [0.4, 0.5) is 5.13 Å². The van der Waals surface area contributed by atoms with E-state index in [2.05, 4.69) is 10.3 Å². The van der Waals surface area contributed by atoms with Crippen LogP contribution < -0.4 is 5.32 Å². The van der Waals surface area contributed by atoms with Crippen molar-refractivity contribution in [1.82, 2.24) is 9.29 Å². The average Bonchev–Trinajstić information content (AvgIpc) is 3.15. The van der Waals surface area contributed by atoms with E-state index in [4.69, 9.17) is 0 Å². The molecule has 0 saturated carbocycles. The third-order valence-corrected chi connectivity index (χ3v) is 6.97. The highest BCUT2D eigenvalue weighted by molar-refractivity contribution is 7.89. The molecule has 0 saturated heterocycles. The minimum Gasteiger partial charge on any atom is -0.298 e. The Hall–Kier alpha value is -1.29. The van der Waals surface area contributed by atoms with E-state index >= 15 is 0 Å². The fourth-order valence-corrected chi connectivity index (χ4v) is 5.01. The number of carbonyl (C=O) groups excluding carboxylic acids is 1. The Bertz CT molecular complexity index is 781. The topological polar surface area (TPSA) is 79.4 Å². The van der Waals surface area contributed by atoms with Crippen molar-refractivity contribution in [2.24, 2.45) is 0 Å². The summed E-state index contributed by atoms with van der Waals surface area (Å²) in [5, 5.41) is 6.92. The van der Waals surface area contributed by atoms with E-state index < -0.39 is 10.0 Å². The van der Waals surface area contributed by atoms with Gasteiger partial charge >= 0.3 is 0 Å². The number of thiazole rings is 1. The van der Waals surface area contributed by atoms with Crippen molar-refractivity contribution < 1.29 is 13.2 Å². The Morgan fingerprint density at radius 1 is 1.50 bits per heavy atom. The highest BCUT2D eigenvalue weighted by atomic mass is 32.2. The maximum absolute atomic E-state index is 12.0. The van der Waals surface area contributed by atoms with Gasteiger partial charge in [0.2, 0.25) is 10.0 Å². The maximum Gasteiger partial charge on any atom is 0.258 e. The number of nitrogens with zero attached hydrogens (tertiary/aromatic N) is 2. The molecule has 1 amide bonds. The third kappa shape index (κ3) is 3.07. The molecule has 0 spiro atoms. The van der Waals surface area contributed by atoms with Crippen molar-refractivity contribution in [2.45, 2.75) is 19.9 Å². The smallest absolute Gasteiger partial charge is 0.258 e. The molecule has 3 rings (SSSR count). The van der Waals surface area contributed by atoms with Crippen LogP contribution in [0.25, 0.3) is 0 Å². The first-order valence-electron chi connectivity index (χ1n) is 6.79. The quantitative estimate of drug-likeness (QED) is 0.909. The number of amides is 1. The molecular weight excluding hydrogens is 342 g/mol. The normalized spacial score (nSPS) is 15.5. The molecule has 1 aliphatic heterocycles. The summed E-state index contributed by atoms with van der Waals surface area (Å²) in [6.45, 7) is 2.44. The summed E-state index contributed by atoms with van der Waals surface area (Å²) < 4.78 is 25.4. The summed E-state index contributed by atoms with van der Waals surface area (Å²) in [4.78, 5) is 17.3. The zero-order valence-electron chi connectivity index (χ0n) is 11.9. The fraction of sp³-hybridized carbons (Fsp3) is 0.385. The minimum atomic E-state index is -3.19. The molecule has 6 nitrogen and oxygen atoms in total. The van der Waals surface area contributed by atoms with Gasteiger partial charge in [0.05, 0.1) is 17.0 Å². The van der Waals surface area contributed by atoms with Crippen LogP contribution in [0.2, 0.25) is 0 Å². The van der Waals surface area contributed by atoms with Crippen molar-refractivity contribution >= 4 is 43.7 Å². The van der Waals surface area contributed by atoms with Crippen molar-refractivity contribution in [2.75, 3.05) is 17.6 Å². The molecule has 2 aromatic heterocycles. The molecule has 3 heterocycles. The molecule has 9 heteroatoms. The summed E-state index contributed by atoms with van der Waals surface area (Å²) in [6.07, 6.45) is 0.583. The fourth-order valence-electron chi connectivity index (χ4n) is 2.21. The lowest BCUT2D eigenvalue weighted by Crippen LogP contribution is -2.36. The van der Waals surface area contributed by atoms with Crippen LogP contribution in [-0.4, -0.2) is 35.9 Å². The van der Waals surface area contributed by atoms with Crippen molar-refractivity contribution in [1.29, 1.82) is 0 Å². The largest absolute Gasteiger partial charge is 0.298 e. The minimum absolute atomic E-state index is 0.100. The lowest BCUT2D eigenvalue weighted by Gasteiger charge is -2.24. The van der Waals surface area contributed by atoms with Gasteiger partial charge in [-0.15, -0.1) is 11.3 Å². The summed E-state index contributed by atoms with van der Waals surface area (Å²) in [5.74, 6) is -0.0894. The lowest BCUT2D eigenvalue weighted by molar-refractivity contribution is 0.102. The number of nitrogens with one attached hydrogen (secondary N) is 1. The van der Waals surface area contributed by atoms with Crippen LogP contribution in [-0.2, 0) is 23.0 Å².